The number of phenolic OH excluding ortho intramolecular Hbond substituents is 2. The van der Waals surface area contributed by atoms with Gasteiger partial charge in [-0.05, 0) is 72.4 Å². The number of aromatic hydroxyl groups is 2. The molecule has 0 amide bonds. The Balaban J connectivity index is 0.000000229. The Morgan fingerprint density at radius 2 is 0.902 bits per heavy atom. The summed E-state index contributed by atoms with van der Waals surface area (Å²) in [6, 6.07) is 31.9. The van der Waals surface area contributed by atoms with Crippen molar-refractivity contribution in [1.29, 1.82) is 0 Å². The molecule has 4 rings (SSSR count). The topological polar surface area (TPSA) is 63.5 Å². The monoisotopic (exact) mass is 553 g/mol. The first-order valence-electron chi connectivity index (χ1n) is 15.2. The van der Waals surface area contributed by atoms with Gasteiger partial charge in [0.25, 0.3) is 0 Å². The third kappa shape index (κ3) is 9.40. The van der Waals surface area contributed by atoms with Gasteiger partial charge in [0, 0.05) is 5.92 Å². The number of hydrogen-bond donors (Lipinski definition) is 2. The molecule has 0 spiro atoms. The molecule has 2 N–H and O–H groups in total. The van der Waals surface area contributed by atoms with Crippen molar-refractivity contribution in [3.8, 4) is 17.2 Å². The van der Waals surface area contributed by atoms with E-state index in [1.54, 1.807) is 36.4 Å². The summed E-state index contributed by atoms with van der Waals surface area (Å²) in [5.41, 5.74) is 4.51. The smallest absolute Gasteiger partial charge is 0.132 e. The predicted octanol–water partition coefficient (Wildman–Crippen LogP) is 8.75. The number of unbranched alkanes of at least 4 members (excludes halogenated alkanes) is 3. The molecule has 4 aromatic carbocycles. The number of rotatable bonds is 13. The van der Waals surface area contributed by atoms with Crippen molar-refractivity contribution in [2.24, 2.45) is 0 Å². The quantitative estimate of drug-likeness (QED) is 0.128. The fourth-order valence-electron chi connectivity index (χ4n) is 5.42. The molecule has 41 heavy (non-hydrogen) atoms. The summed E-state index contributed by atoms with van der Waals surface area (Å²) < 4.78 is 1.20. The lowest BCUT2D eigenvalue weighted by molar-refractivity contribution is -0.268. The summed E-state index contributed by atoms with van der Waals surface area (Å²) in [5.74, 6) is 0.326. The highest BCUT2D eigenvalue weighted by Crippen LogP contribution is 2.34. The molecule has 0 aliphatic carbocycles. The molecule has 0 bridgehead atoms. The van der Waals surface area contributed by atoms with Crippen molar-refractivity contribution in [1.82, 2.24) is 4.48 Å². The third-order valence-corrected chi connectivity index (χ3v) is 7.79. The van der Waals surface area contributed by atoms with E-state index >= 15 is 0 Å². The Bertz CT molecular complexity index is 1120. The van der Waals surface area contributed by atoms with Gasteiger partial charge in [-0.25, -0.2) is 0 Å². The first-order valence-corrected chi connectivity index (χ1v) is 15.2. The fraction of sp³-hybridized carbons (Fsp3) is 0.351. The van der Waals surface area contributed by atoms with E-state index in [0.29, 0.717) is 0 Å². The zero-order valence-corrected chi connectivity index (χ0v) is 25.0. The molecule has 0 aromatic heterocycles. The van der Waals surface area contributed by atoms with Crippen LogP contribution in [0.3, 0.4) is 0 Å². The SMILES string of the molecule is CCCC[N+](CCCC)(CCCC)c1ccccc1.[O-]c1ccc(C(c2ccc(O)cc2)c2ccc(O)cc2)cc1. The lowest BCUT2D eigenvalue weighted by Crippen LogP contribution is -2.51. The molecule has 0 atom stereocenters. The van der Waals surface area contributed by atoms with Crippen LogP contribution in [0.25, 0.3) is 0 Å². The van der Waals surface area contributed by atoms with Gasteiger partial charge < -0.3 is 15.3 Å². The number of quaternary nitrogens is 1. The standard InChI is InChI=1S/C19H16O3.C18H32N/c20-16-7-1-13(2-8-16)19(14-3-9-17(21)10-4-14)15-5-11-18(22)12-6-15;1-4-7-15-19(16-8-5-2,17-9-6-3)18-13-11-10-12-14-18/h1-12,19-22H;10-14H,4-9,15-17H2,1-3H3/q;+1/p-1. The van der Waals surface area contributed by atoms with Gasteiger partial charge in [0.05, 0.1) is 19.6 Å². The first-order chi connectivity index (χ1) is 19.9. The maximum Gasteiger partial charge on any atom is 0.132 e. The highest BCUT2D eigenvalue weighted by atomic mass is 16.3. The minimum absolute atomic E-state index is 0.0288. The fourth-order valence-corrected chi connectivity index (χ4v) is 5.42. The Morgan fingerprint density at radius 1 is 0.537 bits per heavy atom. The van der Waals surface area contributed by atoms with Crippen LogP contribution in [0.1, 0.15) is 81.9 Å². The second-order valence-electron chi connectivity index (χ2n) is 10.9. The van der Waals surface area contributed by atoms with Crippen molar-refractivity contribution in [3.05, 3.63) is 120 Å². The maximum absolute atomic E-state index is 11.3. The average Bonchev–Trinajstić information content (AvgIpc) is 3.01. The van der Waals surface area contributed by atoms with Crippen LogP contribution in [-0.2, 0) is 0 Å². The van der Waals surface area contributed by atoms with E-state index in [9.17, 15) is 15.3 Å². The average molecular weight is 554 g/mol. The van der Waals surface area contributed by atoms with E-state index in [-0.39, 0.29) is 23.2 Å². The first kappa shape index (κ1) is 31.8. The van der Waals surface area contributed by atoms with Crippen molar-refractivity contribution in [2.45, 2.75) is 65.2 Å². The predicted molar refractivity (Wildman–Crippen MR) is 171 cm³/mol. The van der Waals surface area contributed by atoms with Gasteiger partial charge in [-0.15, -0.1) is 5.75 Å². The van der Waals surface area contributed by atoms with Gasteiger partial charge in [-0.1, -0.05) is 107 Å². The normalized spacial score (nSPS) is 11.2. The summed E-state index contributed by atoms with van der Waals surface area (Å²) >= 11 is 0. The minimum atomic E-state index is -0.0678. The Labute approximate surface area is 247 Å². The van der Waals surface area contributed by atoms with Crippen LogP contribution < -0.4 is 9.59 Å². The van der Waals surface area contributed by atoms with E-state index in [4.69, 9.17) is 0 Å². The number of para-hydroxylation sites is 1. The number of nitrogens with zero attached hydrogens (tertiary/aromatic N) is 1. The van der Waals surface area contributed by atoms with E-state index in [2.05, 4.69) is 51.1 Å². The van der Waals surface area contributed by atoms with Gasteiger partial charge in [0.2, 0.25) is 0 Å². The molecule has 0 unspecified atom stereocenters. The summed E-state index contributed by atoms with van der Waals surface area (Å²) in [6.07, 6.45) is 7.90. The highest BCUT2D eigenvalue weighted by Gasteiger charge is 2.28. The molecule has 0 aliphatic rings. The van der Waals surface area contributed by atoms with Gasteiger partial charge in [-0.2, -0.15) is 0 Å². The number of benzene rings is 4. The molecule has 0 saturated carbocycles. The van der Waals surface area contributed by atoms with Crippen LogP contribution in [0, 0.1) is 0 Å². The summed E-state index contributed by atoms with van der Waals surface area (Å²) in [4.78, 5) is 0. The van der Waals surface area contributed by atoms with Crippen molar-refractivity contribution >= 4 is 5.69 Å². The second-order valence-corrected chi connectivity index (χ2v) is 10.9. The summed E-state index contributed by atoms with van der Waals surface area (Å²) in [5, 5.41) is 30.3. The van der Waals surface area contributed by atoms with Crippen LogP contribution in [0.5, 0.6) is 17.2 Å². The summed E-state index contributed by atoms with van der Waals surface area (Å²) in [6.45, 7) is 10.8. The maximum atomic E-state index is 11.3. The molecular formula is C37H47NO3. The van der Waals surface area contributed by atoms with Crippen molar-refractivity contribution in [2.75, 3.05) is 19.6 Å². The lowest BCUT2D eigenvalue weighted by Gasteiger charge is -2.38. The Hall–Kier alpha value is -3.76. The van der Waals surface area contributed by atoms with Gasteiger partial charge in [0.1, 0.15) is 17.2 Å². The largest absolute Gasteiger partial charge is 0.872 e. The molecular weight excluding hydrogens is 506 g/mol. The van der Waals surface area contributed by atoms with Gasteiger partial charge >= 0.3 is 0 Å². The third-order valence-electron chi connectivity index (χ3n) is 7.79. The van der Waals surface area contributed by atoms with Crippen LogP contribution >= 0.6 is 0 Å². The molecule has 4 nitrogen and oxygen atoms in total. The minimum Gasteiger partial charge on any atom is -0.872 e. The number of phenols is 2. The van der Waals surface area contributed by atoms with Crippen LogP contribution in [-0.4, -0.2) is 29.8 Å². The zero-order chi connectivity index (χ0) is 29.5. The molecule has 0 saturated heterocycles. The van der Waals surface area contributed by atoms with E-state index < -0.39 is 0 Å². The lowest BCUT2D eigenvalue weighted by atomic mass is 9.85. The Morgan fingerprint density at radius 3 is 1.27 bits per heavy atom. The Kier molecular flexibility index (Phi) is 12.8. The molecule has 4 aromatic rings. The zero-order valence-electron chi connectivity index (χ0n) is 25.0. The number of hydrogen-bond acceptors (Lipinski definition) is 3. The van der Waals surface area contributed by atoms with Crippen LogP contribution in [0.2, 0.25) is 0 Å². The molecule has 0 fully saturated rings. The van der Waals surface area contributed by atoms with E-state index in [1.807, 2.05) is 36.4 Å². The molecule has 218 valence electrons. The van der Waals surface area contributed by atoms with E-state index in [1.165, 1.54) is 68.3 Å². The van der Waals surface area contributed by atoms with Crippen molar-refractivity contribution in [3.63, 3.8) is 0 Å². The highest BCUT2D eigenvalue weighted by molar-refractivity contribution is 5.46. The van der Waals surface area contributed by atoms with Gasteiger partial charge in [-0.3, -0.25) is 4.48 Å². The molecule has 0 heterocycles. The van der Waals surface area contributed by atoms with E-state index in [0.717, 1.165) is 16.7 Å². The van der Waals surface area contributed by atoms with Gasteiger partial charge in [0.15, 0.2) is 0 Å². The molecule has 0 aliphatic heterocycles. The van der Waals surface area contributed by atoms with Crippen LogP contribution in [0.15, 0.2) is 103 Å². The second kappa shape index (κ2) is 16.5. The van der Waals surface area contributed by atoms with Crippen LogP contribution in [0.4, 0.5) is 5.69 Å². The summed E-state index contributed by atoms with van der Waals surface area (Å²) in [7, 11) is 0. The molecule has 0 radical (unpaired) electrons. The van der Waals surface area contributed by atoms with Crippen molar-refractivity contribution < 1.29 is 15.3 Å². The molecule has 4 heteroatoms.